The summed E-state index contributed by atoms with van der Waals surface area (Å²) in [5, 5.41) is 28.0. The van der Waals surface area contributed by atoms with E-state index in [1.165, 1.54) is 0 Å². The van der Waals surface area contributed by atoms with E-state index >= 15 is 0 Å². The number of ether oxygens (including phenoxy) is 1. The Bertz CT molecular complexity index is 189. The second kappa shape index (κ2) is 4.89. The van der Waals surface area contributed by atoms with E-state index in [1.807, 2.05) is 0 Å². The van der Waals surface area contributed by atoms with Crippen LogP contribution in [0, 0.1) is 5.41 Å². The van der Waals surface area contributed by atoms with Crippen molar-refractivity contribution in [2.75, 3.05) is 19.8 Å². The highest BCUT2D eigenvalue weighted by Gasteiger charge is 2.46. The predicted octanol–water partition coefficient (Wildman–Crippen LogP) is -0.317. The topological polar surface area (TPSA) is 69.9 Å². The van der Waals surface area contributed by atoms with Crippen LogP contribution in [0.1, 0.15) is 12.8 Å². The molecule has 0 aromatic heterocycles. The molecule has 0 aromatic rings. The quantitative estimate of drug-likeness (QED) is 0.535. The third-order valence-electron chi connectivity index (χ3n) is 2.91. The number of aliphatic hydroxyl groups excluding tert-OH is 3. The van der Waals surface area contributed by atoms with Crippen molar-refractivity contribution in [3.8, 4) is 0 Å². The maximum atomic E-state index is 9.68. The highest BCUT2D eigenvalue weighted by atomic mass is 16.5. The maximum absolute atomic E-state index is 9.68. The fourth-order valence-electron chi connectivity index (χ4n) is 1.89. The van der Waals surface area contributed by atoms with Gasteiger partial charge in [0.15, 0.2) is 0 Å². The van der Waals surface area contributed by atoms with Gasteiger partial charge in [-0.05, 0) is 6.42 Å². The van der Waals surface area contributed by atoms with Crippen molar-refractivity contribution in [1.29, 1.82) is 0 Å². The molecular weight excluding hydrogens is 184 g/mol. The Morgan fingerprint density at radius 1 is 1.43 bits per heavy atom. The van der Waals surface area contributed by atoms with E-state index < -0.39 is 11.5 Å². The van der Waals surface area contributed by atoms with Crippen molar-refractivity contribution in [3.63, 3.8) is 0 Å². The van der Waals surface area contributed by atoms with E-state index in [0.717, 1.165) is 0 Å². The largest absolute Gasteiger partial charge is 0.396 e. The van der Waals surface area contributed by atoms with Crippen molar-refractivity contribution < 1.29 is 20.1 Å². The van der Waals surface area contributed by atoms with Gasteiger partial charge in [-0.15, -0.1) is 6.58 Å². The lowest BCUT2D eigenvalue weighted by Gasteiger charge is -2.27. The molecule has 3 N–H and O–H groups in total. The number of hydrogen-bond donors (Lipinski definition) is 3. The van der Waals surface area contributed by atoms with Gasteiger partial charge in [-0.3, -0.25) is 0 Å². The molecule has 0 aromatic carbocycles. The van der Waals surface area contributed by atoms with Crippen molar-refractivity contribution in [2.24, 2.45) is 5.41 Å². The normalized spacial score (nSPS) is 30.5. The van der Waals surface area contributed by atoms with E-state index in [2.05, 4.69) is 6.58 Å². The summed E-state index contributed by atoms with van der Waals surface area (Å²) in [4.78, 5) is 0. The molecule has 0 saturated heterocycles. The maximum Gasteiger partial charge on any atom is 0.0666 e. The first-order valence-corrected chi connectivity index (χ1v) is 4.81. The molecule has 4 nitrogen and oxygen atoms in total. The molecule has 82 valence electrons. The highest BCUT2D eigenvalue weighted by Crippen LogP contribution is 2.39. The SMILES string of the molecule is C=CCO[C@@H]1C[C@@H](O)C(CO)(CO)C1. The van der Waals surface area contributed by atoms with E-state index in [0.29, 0.717) is 19.4 Å². The Labute approximate surface area is 83.8 Å². The summed E-state index contributed by atoms with van der Waals surface area (Å²) in [6, 6.07) is 0. The number of hydrogen-bond acceptors (Lipinski definition) is 4. The van der Waals surface area contributed by atoms with Crippen LogP contribution in [-0.2, 0) is 4.74 Å². The van der Waals surface area contributed by atoms with Gasteiger partial charge in [-0.25, -0.2) is 0 Å². The molecule has 1 fully saturated rings. The smallest absolute Gasteiger partial charge is 0.0666 e. The minimum absolute atomic E-state index is 0.0951. The van der Waals surface area contributed by atoms with Gasteiger partial charge in [0.1, 0.15) is 0 Å². The average molecular weight is 202 g/mol. The molecule has 0 aliphatic heterocycles. The van der Waals surface area contributed by atoms with Crippen LogP contribution >= 0.6 is 0 Å². The van der Waals surface area contributed by atoms with Crippen LogP contribution in [0.3, 0.4) is 0 Å². The van der Waals surface area contributed by atoms with Crippen LogP contribution in [0.4, 0.5) is 0 Å². The van der Waals surface area contributed by atoms with Crippen molar-refractivity contribution in [2.45, 2.75) is 25.0 Å². The third-order valence-corrected chi connectivity index (χ3v) is 2.91. The molecule has 1 aliphatic carbocycles. The lowest BCUT2D eigenvalue weighted by Crippen LogP contribution is -2.37. The zero-order valence-corrected chi connectivity index (χ0v) is 8.22. The first-order valence-electron chi connectivity index (χ1n) is 4.81. The Balaban J connectivity index is 2.53. The summed E-state index contributed by atoms with van der Waals surface area (Å²) in [6.45, 7) is 3.55. The first-order chi connectivity index (χ1) is 6.68. The van der Waals surface area contributed by atoms with Gasteiger partial charge in [0, 0.05) is 11.8 Å². The third kappa shape index (κ3) is 2.15. The second-order valence-electron chi connectivity index (χ2n) is 3.88. The van der Waals surface area contributed by atoms with Gasteiger partial charge in [0.05, 0.1) is 32.0 Å². The molecule has 0 heterocycles. The number of rotatable bonds is 5. The van der Waals surface area contributed by atoms with Crippen molar-refractivity contribution in [3.05, 3.63) is 12.7 Å². The summed E-state index contributed by atoms with van der Waals surface area (Å²) in [5.74, 6) is 0. The summed E-state index contributed by atoms with van der Waals surface area (Å²) in [7, 11) is 0. The van der Waals surface area contributed by atoms with Crippen LogP contribution in [0.2, 0.25) is 0 Å². The molecule has 2 atom stereocenters. The van der Waals surface area contributed by atoms with E-state index in [-0.39, 0.29) is 19.3 Å². The molecule has 0 spiro atoms. The summed E-state index contributed by atoms with van der Waals surface area (Å²) >= 11 is 0. The lowest BCUT2D eigenvalue weighted by molar-refractivity contribution is -0.0329. The molecule has 14 heavy (non-hydrogen) atoms. The fourth-order valence-corrected chi connectivity index (χ4v) is 1.89. The van der Waals surface area contributed by atoms with Gasteiger partial charge in [-0.1, -0.05) is 6.08 Å². The molecule has 0 amide bonds. The minimum Gasteiger partial charge on any atom is -0.396 e. The zero-order valence-electron chi connectivity index (χ0n) is 8.22. The molecule has 1 saturated carbocycles. The van der Waals surface area contributed by atoms with Gasteiger partial charge in [0.2, 0.25) is 0 Å². The Hall–Kier alpha value is -0.420. The Morgan fingerprint density at radius 3 is 2.50 bits per heavy atom. The van der Waals surface area contributed by atoms with Gasteiger partial charge in [0.25, 0.3) is 0 Å². The van der Waals surface area contributed by atoms with Gasteiger partial charge in [-0.2, -0.15) is 0 Å². The summed E-state index contributed by atoms with van der Waals surface area (Å²) in [6.07, 6.45) is 1.82. The molecule has 4 heteroatoms. The van der Waals surface area contributed by atoms with Crippen molar-refractivity contribution in [1.82, 2.24) is 0 Å². The van der Waals surface area contributed by atoms with Gasteiger partial charge >= 0.3 is 0 Å². The van der Waals surface area contributed by atoms with Crippen LogP contribution in [0.5, 0.6) is 0 Å². The van der Waals surface area contributed by atoms with E-state index in [9.17, 15) is 5.11 Å². The second-order valence-corrected chi connectivity index (χ2v) is 3.88. The fraction of sp³-hybridized carbons (Fsp3) is 0.800. The molecule has 1 rings (SSSR count). The van der Waals surface area contributed by atoms with Crippen LogP contribution in [0.15, 0.2) is 12.7 Å². The summed E-state index contributed by atoms with van der Waals surface area (Å²) < 4.78 is 5.38. The highest BCUT2D eigenvalue weighted by molar-refractivity contribution is 4.96. The first kappa shape index (κ1) is 11.7. The Kier molecular flexibility index (Phi) is 4.07. The predicted molar refractivity (Wildman–Crippen MR) is 51.8 cm³/mol. The van der Waals surface area contributed by atoms with Crippen LogP contribution in [-0.4, -0.2) is 47.3 Å². The van der Waals surface area contributed by atoms with Gasteiger partial charge < -0.3 is 20.1 Å². The molecule has 0 unspecified atom stereocenters. The lowest BCUT2D eigenvalue weighted by atomic mass is 9.86. The van der Waals surface area contributed by atoms with Crippen LogP contribution in [0.25, 0.3) is 0 Å². The zero-order chi connectivity index (χ0) is 10.6. The van der Waals surface area contributed by atoms with Crippen LogP contribution < -0.4 is 0 Å². The van der Waals surface area contributed by atoms with E-state index in [4.69, 9.17) is 14.9 Å². The van der Waals surface area contributed by atoms with E-state index in [1.54, 1.807) is 6.08 Å². The number of aliphatic hydroxyl groups is 3. The minimum atomic E-state index is -0.786. The Morgan fingerprint density at radius 2 is 2.07 bits per heavy atom. The molecule has 0 radical (unpaired) electrons. The molecule has 0 bridgehead atoms. The molecule has 1 aliphatic rings. The summed E-state index contributed by atoms with van der Waals surface area (Å²) in [5.41, 5.74) is -0.786. The average Bonchev–Trinajstić information content (AvgIpc) is 2.53. The van der Waals surface area contributed by atoms with Crippen molar-refractivity contribution >= 4 is 0 Å². The monoisotopic (exact) mass is 202 g/mol. The molecular formula is C10H18O4. The standard InChI is InChI=1S/C10H18O4/c1-2-3-14-8-4-9(13)10(5-8,6-11)7-12/h2,8-9,11-13H,1,3-7H2/t8-,9-/m1/s1.